The Bertz CT molecular complexity index is 633. The third-order valence-corrected chi connectivity index (χ3v) is 6.47. The van der Waals surface area contributed by atoms with Gasteiger partial charge in [-0.05, 0) is 32.8 Å². The molecule has 2 N–H and O–H groups in total. The molecular formula is C31H54ClNO2. The van der Waals surface area contributed by atoms with Gasteiger partial charge in [-0.15, -0.1) is 0 Å². The minimum Gasteiger partial charge on any atom is -1.00 e. The number of aliphatic hydroxyl groups is 2. The fourth-order valence-corrected chi connectivity index (χ4v) is 4.89. The van der Waals surface area contributed by atoms with E-state index in [9.17, 15) is 10.2 Å². The molecule has 202 valence electrons. The van der Waals surface area contributed by atoms with Crippen molar-refractivity contribution in [3.05, 3.63) is 60.3 Å². The van der Waals surface area contributed by atoms with E-state index in [1.807, 2.05) is 32.0 Å². The first-order valence-electron chi connectivity index (χ1n) is 14.1. The Kier molecular flexibility index (Phi) is 21.4. The number of hydrogen-bond donors (Lipinski definition) is 2. The minimum absolute atomic E-state index is 0. The van der Waals surface area contributed by atoms with Crippen LogP contribution in [0, 0.1) is 0 Å². The summed E-state index contributed by atoms with van der Waals surface area (Å²) in [4.78, 5) is 0. The van der Waals surface area contributed by atoms with E-state index in [1.54, 1.807) is 0 Å². The number of quaternary nitrogens is 1. The van der Waals surface area contributed by atoms with Crippen molar-refractivity contribution in [2.45, 2.75) is 123 Å². The number of allylic oxidation sites excluding steroid dienone is 3. The van der Waals surface area contributed by atoms with Crippen molar-refractivity contribution < 1.29 is 27.1 Å². The van der Waals surface area contributed by atoms with E-state index in [-0.39, 0.29) is 12.4 Å². The van der Waals surface area contributed by atoms with Crippen LogP contribution in [0.5, 0.6) is 0 Å². The monoisotopic (exact) mass is 507 g/mol. The number of halogens is 1. The molecule has 3 nitrogen and oxygen atoms in total. The maximum atomic E-state index is 10.2. The first-order valence-corrected chi connectivity index (χ1v) is 14.1. The summed E-state index contributed by atoms with van der Waals surface area (Å²) in [6, 6.07) is 10.4. The average Bonchev–Trinajstić information content (AvgIpc) is 2.78. The lowest BCUT2D eigenvalue weighted by Gasteiger charge is -2.37. The normalized spacial score (nSPS) is 15.2. The van der Waals surface area contributed by atoms with Crippen LogP contribution in [0.25, 0.3) is 0 Å². The highest BCUT2D eigenvalue weighted by atomic mass is 35.5. The number of nitrogens with zero attached hydrogens (tertiary/aromatic N) is 1. The van der Waals surface area contributed by atoms with Gasteiger partial charge in [-0.3, -0.25) is 4.48 Å². The van der Waals surface area contributed by atoms with Crippen LogP contribution in [-0.2, 0) is 6.54 Å². The second-order valence-corrected chi connectivity index (χ2v) is 10.4. The quantitative estimate of drug-likeness (QED) is 0.141. The van der Waals surface area contributed by atoms with E-state index < -0.39 is 12.2 Å². The van der Waals surface area contributed by atoms with Gasteiger partial charge in [0, 0.05) is 5.56 Å². The van der Waals surface area contributed by atoms with Crippen molar-refractivity contribution in [1.82, 2.24) is 0 Å². The molecule has 0 aromatic heterocycles. The zero-order valence-corrected chi connectivity index (χ0v) is 23.6. The summed E-state index contributed by atoms with van der Waals surface area (Å²) in [5.41, 5.74) is 1.22. The van der Waals surface area contributed by atoms with E-state index in [0.29, 0.717) is 17.6 Å². The minimum atomic E-state index is -0.433. The van der Waals surface area contributed by atoms with E-state index in [0.717, 1.165) is 13.0 Å². The molecule has 0 aliphatic rings. The molecule has 0 aliphatic heterocycles. The Morgan fingerprint density at radius 3 is 1.69 bits per heavy atom. The zero-order chi connectivity index (χ0) is 24.9. The third-order valence-electron chi connectivity index (χ3n) is 6.47. The van der Waals surface area contributed by atoms with Crippen LogP contribution in [0.4, 0.5) is 0 Å². The van der Waals surface area contributed by atoms with Crippen molar-refractivity contribution in [3.8, 4) is 0 Å². The van der Waals surface area contributed by atoms with Crippen LogP contribution < -0.4 is 12.4 Å². The Hall–Kier alpha value is -1.13. The molecule has 4 heteroatoms. The summed E-state index contributed by atoms with van der Waals surface area (Å²) in [5.74, 6) is 0. The van der Waals surface area contributed by atoms with Crippen molar-refractivity contribution in [2.24, 2.45) is 0 Å². The fraction of sp³-hybridized carbons (Fsp3) is 0.677. The van der Waals surface area contributed by atoms with Crippen LogP contribution in [0.15, 0.2) is 54.8 Å². The van der Waals surface area contributed by atoms with Crippen LogP contribution >= 0.6 is 0 Å². The standard InChI is InChI=1S/C31H54NO2.ClH/c1-4-5-6-7-8-9-10-11-12-13-14-15-16-17-18-22-25-32(26-29(2)33,27-30(3)34)28-31-23-20-19-21-24-31;/h17-25,29-30,33-34H,4-16,26-28H2,1-3H3;1H/q+1;/p-1/b18-17+,25-22+;. The molecule has 0 spiro atoms. The molecule has 0 amide bonds. The summed E-state index contributed by atoms with van der Waals surface area (Å²) < 4.78 is 0.544. The van der Waals surface area contributed by atoms with Crippen molar-refractivity contribution >= 4 is 0 Å². The predicted octanol–water partition coefficient (Wildman–Crippen LogP) is 4.93. The van der Waals surface area contributed by atoms with Gasteiger partial charge < -0.3 is 22.6 Å². The van der Waals surface area contributed by atoms with Gasteiger partial charge in [-0.2, -0.15) is 0 Å². The Balaban J connectivity index is 0.0000116. The lowest BCUT2D eigenvalue weighted by Crippen LogP contribution is -3.00. The number of rotatable bonds is 21. The molecule has 0 bridgehead atoms. The number of hydrogen-bond acceptors (Lipinski definition) is 2. The molecule has 0 saturated carbocycles. The Labute approximate surface area is 223 Å². The van der Waals surface area contributed by atoms with E-state index >= 15 is 0 Å². The number of unbranched alkanes of at least 4 members (excludes halogenated alkanes) is 12. The van der Waals surface area contributed by atoms with Gasteiger partial charge in [-0.1, -0.05) is 120 Å². The first kappa shape index (κ1) is 33.9. The highest BCUT2D eigenvalue weighted by Gasteiger charge is 2.29. The van der Waals surface area contributed by atoms with Crippen molar-refractivity contribution in [2.75, 3.05) is 13.1 Å². The van der Waals surface area contributed by atoms with E-state index in [2.05, 4.69) is 43.5 Å². The van der Waals surface area contributed by atoms with Gasteiger partial charge in [0.05, 0.1) is 6.20 Å². The molecule has 1 aromatic rings. The van der Waals surface area contributed by atoms with Crippen LogP contribution in [0.3, 0.4) is 0 Å². The van der Waals surface area contributed by atoms with Gasteiger partial charge in [0.25, 0.3) is 0 Å². The van der Waals surface area contributed by atoms with Gasteiger partial charge in [0.15, 0.2) is 0 Å². The smallest absolute Gasteiger partial charge is 0.109 e. The molecular weight excluding hydrogens is 454 g/mol. The fourth-order valence-electron chi connectivity index (χ4n) is 4.89. The maximum Gasteiger partial charge on any atom is 0.109 e. The van der Waals surface area contributed by atoms with Crippen LogP contribution in [0.1, 0.15) is 110 Å². The molecule has 0 heterocycles. The first-order chi connectivity index (χ1) is 16.5. The summed E-state index contributed by atoms with van der Waals surface area (Å²) in [7, 11) is 0. The van der Waals surface area contributed by atoms with E-state index in [4.69, 9.17) is 0 Å². The summed E-state index contributed by atoms with van der Waals surface area (Å²) in [6.07, 6.45) is 25.5. The average molecular weight is 508 g/mol. The van der Waals surface area contributed by atoms with Crippen molar-refractivity contribution in [1.29, 1.82) is 0 Å². The molecule has 0 radical (unpaired) electrons. The van der Waals surface area contributed by atoms with Gasteiger partial charge in [-0.25, -0.2) is 0 Å². The molecule has 0 fully saturated rings. The SMILES string of the molecule is CCCCCCCCCCCCCC/C=C/C=C/[N+](Cc1ccccc1)(CC(C)O)CC(C)O.[Cl-]. The Morgan fingerprint density at radius 1 is 0.714 bits per heavy atom. The van der Waals surface area contributed by atoms with Gasteiger partial charge in [0.1, 0.15) is 31.8 Å². The molecule has 0 aliphatic carbocycles. The summed E-state index contributed by atoms with van der Waals surface area (Å²) >= 11 is 0. The summed E-state index contributed by atoms with van der Waals surface area (Å²) in [6.45, 7) is 7.88. The molecule has 2 unspecified atom stereocenters. The van der Waals surface area contributed by atoms with E-state index in [1.165, 1.54) is 82.6 Å². The molecule has 2 atom stereocenters. The largest absolute Gasteiger partial charge is 1.00 e. The predicted molar refractivity (Wildman–Crippen MR) is 147 cm³/mol. The van der Waals surface area contributed by atoms with Crippen LogP contribution in [-0.4, -0.2) is 40.0 Å². The number of benzene rings is 1. The lowest BCUT2D eigenvalue weighted by atomic mass is 10.0. The molecule has 0 saturated heterocycles. The number of aliphatic hydroxyl groups excluding tert-OH is 2. The maximum absolute atomic E-state index is 10.2. The third kappa shape index (κ3) is 18.8. The molecule has 1 rings (SSSR count). The second-order valence-electron chi connectivity index (χ2n) is 10.4. The zero-order valence-electron chi connectivity index (χ0n) is 22.9. The lowest BCUT2D eigenvalue weighted by molar-refractivity contribution is -0.898. The highest BCUT2D eigenvalue weighted by Crippen LogP contribution is 2.19. The van der Waals surface area contributed by atoms with Gasteiger partial charge in [0.2, 0.25) is 0 Å². The topological polar surface area (TPSA) is 40.5 Å². The van der Waals surface area contributed by atoms with Crippen molar-refractivity contribution in [3.63, 3.8) is 0 Å². The molecule has 35 heavy (non-hydrogen) atoms. The van der Waals surface area contributed by atoms with Gasteiger partial charge >= 0.3 is 0 Å². The Morgan fingerprint density at radius 2 is 1.20 bits per heavy atom. The second kappa shape index (κ2) is 22.1. The molecule has 1 aromatic carbocycles. The van der Waals surface area contributed by atoms with Crippen LogP contribution in [0.2, 0.25) is 0 Å². The highest BCUT2D eigenvalue weighted by molar-refractivity contribution is 5.14. The summed E-state index contributed by atoms with van der Waals surface area (Å²) in [5, 5.41) is 20.3.